The first-order valence-electron chi connectivity index (χ1n) is 6.18. The summed E-state index contributed by atoms with van der Waals surface area (Å²) in [5.74, 6) is -0.125. The lowest BCUT2D eigenvalue weighted by Crippen LogP contribution is -1.99. The summed E-state index contributed by atoms with van der Waals surface area (Å²) in [6.07, 6.45) is 2.11. The highest BCUT2D eigenvalue weighted by Gasteiger charge is 2.11. The van der Waals surface area contributed by atoms with E-state index >= 15 is 0 Å². The third-order valence-electron chi connectivity index (χ3n) is 2.97. The Hall–Kier alpha value is -2.34. The number of carboxylic acids is 1. The van der Waals surface area contributed by atoms with Gasteiger partial charge in [-0.1, -0.05) is 0 Å². The van der Waals surface area contributed by atoms with Gasteiger partial charge in [0.1, 0.15) is 5.75 Å². The molecule has 0 saturated heterocycles. The van der Waals surface area contributed by atoms with Crippen molar-refractivity contribution in [1.29, 1.82) is 0 Å². The van der Waals surface area contributed by atoms with Crippen molar-refractivity contribution in [3.8, 4) is 11.4 Å². The number of carboxylic acid groups (broad SMARTS) is 1. The van der Waals surface area contributed by atoms with Crippen LogP contribution in [-0.4, -0.2) is 33.1 Å². The third-order valence-corrected chi connectivity index (χ3v) is 2.97. The Balaban J connectivity index is 2.25. The molecule has 1 heterocycles. The molecule has 0 amide bonds. The zero-order valence-electron chi connectivity index (χ0n) is 11.1. The topological polar surface area (TPSA) is 84.6 Å². The lowest BCUT2D eigenvalue weighted by atomic mass is 10.1. The van der Waals surface area contributed by atoms with E-state index in [-0.39, 0.29) is 13.0 Å². The van der Waals surface area contributed by atoms with E-state index in [4.69, 9.17) is 9.84 Å². The van der Waals surface area contributed by atoms with Gasteiger partial charge in [-0.15, -0.1) is 0 Å². The molecule has 6 nitrogen and oxygen atoms in total. The van der Waals surface area contributed by atoms with Gasteiger partial charge in [0.15, 0.2) is 0 Å². The van der Waals surface area contributed by atoms with Gasteiger partial charge in [0, 0.05) is 12.6 Å². The van der Waals surface area contributed by atoms with Gasteiger partial charge in [-0.25, -0.2) is 4.68 Å². The molecule has 2 rings (SSSR count). The van der Waals surface area contributed by atoms with E-state index in [1.54, 1.807) is 18.0 Å². The van der Waals surface area contributed by atoms with Crippen LogP contribution in [0.25, 0.3) is 5.69 Å². The van der Waals surface area contributed by atoms with Gasteiger partial charge in [-0.2, -0.15) is 5.10 Å². The maximum atomic E-state index is 10.6. The second kappa shape index (κ2) is 6.21. The summed E-state index contributed by atoms with van der Waals surface area (Å²) < 4.78 is 6.71. The molecule has 106 valence electrons. The summed E-state index contributed by atoms with van der Waals surface area (Å²) in [7, 11) is 1.59. The van der Waals surface area contributed by atoms with Crippen molar-refractivity contribution in [2.24, 2.45) is 0 Å². The molecule has 1 aromatic carbocycles. The summed E-state index contributed by atoms with van der Waals surface area (Å²) >= 11 is 0. The van der Waals surface area contributed by atoms with Crippen molar-refractivity contribution in [3.05, 3.63) is 41.7 Å². The van der Waals surface area contributed by atoms with Gasteiger partial charge in [-0.3, -0.25) is 4.79 Å². The van der Waals surface area contributed by atoms with Gasteiger partial charge in [0.25, 0.3) is 0 Å². The molecule has 0 aliphatic carbocycles. The van der Waals surface area contributed by atoms with Gasteiger partial charge in [-0.05, 0) is 36.2 Å². The molecule has 2 aromatic rings. The van der Waals surface area contributed by atoms with E-state index in [1.807, 2.05) is 24.3 Å². The van der Waals surface area contributed by atoms with E-state index in [1.165, 1.54) is 0 Å². The molecule has 0 atom stereocenters. The Kier molecular flexibility index (Phi) is 4.37. The number of aromatic nitrogens is 2. The van der Waals surface area contributed by atoms with E-state index in [0.717, 1.165) is 17.0 Å². The number of benzene rings is 1. The first-order valence-corrected chi connectivity index (χ1v) is 6.18. The number of carbonyl (C=O) groups is 1. The minimum Gasteiger partial charge on any atom is -0.497 e. The van der Waals surface area contributed by atoms with E-state index in [0.29, 0.717) is 12.1 Å². The number of nitrogens with zero attached hydrogens (tertiary/aromatic N) is 2. The maximum Gasteiger partial charge on any atom is 0.303 e. The number of hydrogen-bond acceptors (Lipinski definition) is 4. The zero-order chi connectivity index (χ0) is 14.5. The fourth-order valence-corrected chi connectivity index (χ4v) is 1.90. The molecule has 0 unspecified atom stereocenters. The summed E-state index contributed by atoms with van der Waals surface area (Å²) in [4.78, 5) is 10.6. The molecule has 6 heteroatoms. The largest absolute Gasteiger partial charge is 0.497 e. The monoisotopic (exact) mass is 276 g/mol. The Bertz CT molecular complexity index is 590. The molecule has 20 heavy (non-hydrogen) atoms. The molecule has 0 fully saturated rings. The smallest absolute Gasteiger partial charge is 0.303 e. The number of ether oxygens (including phenoxy) is 1. The lowest BCUT2D eigenvalue weighted by Gasteiger charge is -2.03. The van der Waals surface area contributed by atoms with Crippen LogP contribution in [0.2, 0.25) is 0 Å². The average molecular weight is 276 g/mol. The van der Waals surface area contributed by atoms with Crippen molar-refractivity contribution >= 4 is 5.97 Å². The van der Waals surface area contributed by atoms with Crippen molar-refractivity contribution in [1.82, 2.24) is 9.78 Å². The molecular weight excluding hydrogens is 260 g/mol. The van der Waals surface area contributed by atoms with Crippen LogP contribution < -0.4 is 4.74 Å². The first kappa shape index (κ1) is 14.1. The van der Waals surface area contributed by atoms with Crippen molar-refractivity contribution in [2.75, 3.05) is 7.11 Å². The minimum atomic E-state index is -0.869. The summed E-state index contributed by atoms with van der Waals surface area (Å²) in [6, 6.07) is 7.31. The predicted molar refractivity (Wildman–Crippen MR) is 72.0 cm³/mol. The SMILES string of the molecule is COc1ccc(-n2cc(CCC(=O)O)c(CO)n2)cc1. The molecule has 0 saturated carbocycles. The van der Waals surface area contributed by atoms with Crippen LogP contribution in [-0.2, 0) is 17.8 Å². The standard InChI is InChI=1S/C14H16N2O4/c1-20-12-5-3-11(4-6-12)16-8-10(2-7-14(18)19)13(9-17)15-16/h3-6,8,17H,2,7,9H2,1H3,(H,18,19). The number of aliphatic hydroxyl groups is 1. The summed E-state index contributed by atoms with van der Waals surface area (Å²) in [6.45, 7) is -0.210. The fourth-order valence-electron chi connectivity index (χ4n) is 1.90. The normalized spacial score (nSPS) is 10.5. The van der Waals surface area contributed by atoms with Crippen LogP contribution in [0, 0.1) is 0 Å². The van der Waals surface area contributed by atoms with Crippen molar-refractivity contribution in [2.45, 2.75) is 19.4 Å². The summed E-state index contributed by atoms with van der Waals surface area (Å²) in [5.41, 5.74) is 2.06. The minimum absolute atomic E-state index is 0.0152. The number of aliphatic carboxylic acids is 1. The average Bonchev–Trinajstić information content (AvgIpc) is 2.88. The second-order valence-corrected chi connectivity index (χ2v) is 4.30. The Labute approximate surface area is 116 Å². The molecule has 0 bridgehead atoms. The molecule has 0 spiro atoms. The Morgan fingerprint density at radius 1 is 1.35 bits per heavy atom. The van der Waals surface area contributed by atoms with Crippen LogP contribution in [0.15, 0.2) is 30.5 Å². The Morgan fingerprint density at radius 2 is 2.05 bits per heavy atom. The number of aryl methyl sites for hydroxylation is 1. The quantitative estimate of drug-likeness (QED) is 0.833. The van der Waals surface area contributed by atoms with E-state index in [2.05, 4.69) is 5.10 Å². The van der Waals surface area contributed by atoms with Gasteiger partial charge in [0.2, 0.25) is 0 Å². The molecule has 0 aliphatic heterocycles. The highest BCUT2D eigenvalue weighted by molar-refractivity contribution is 5.67. The molecule has 2 N–H and O–H groups in total. The second-order valence-electron chi connectivity index (χ2n) is 4.30. The van der Waals surface area contributed by atoms with Gasteiger partial charge in [0.05, 0.1) is 25.1 Å². The highest BCUT2D eigenvalue weighted by Crippen LogP contribution is 2.17. The van der Waals surface area contributed by atoms with Crippen LogP contribution in [0.4, 0.5) is 0 Å². The highest BCUT2D eigenvalue weighted by atomic mass is 16.5. The third kappa shape index (κ3) is 3.16. The number of hydrogen-bond donors (Lipinski definition) is 2. The lowest BCUT2D eigenvalue weighted by molar-refractivity contribution is -0.136. The summed E-state index contributed by atoms with van der Waals surface area (Å²) in [5, 5.41) is 22.3. The van der Waals surface area contributed by atoms with Crippen LogP contribution in [0.5, 0.6) is 5.75 Å². The van der Waals surface area contributed by atoms with Crippen LogP contribution in [0.3, 0.4) is 0 Å². The molecule has 0 radical (unpaired) electrons. The van der Waals surface area contributed by atoms with Crippen LogP contribution in [0.1, 0.15) is 17.7 Å². The van der Waals surface area contributed by atoms with E-state index in [9.17, 15) is 9.90 Å². The number of rotatable bonds is 6. The zero-order valence-corrected chi connectivity index (χ0v) is 11.1. The van der Waals surface area contributed by atoms with Crippen LogP contribution >= 0.6 is 0 Å². The first-order chi connectivity index (χ1) is 9.63. The predicted octanol–water partition coefficient (Wildman–Crippen LogP) is 1.39. The van der Waals surface area contributed by atoms with Gasteiger partial charge >= 0.3 is 5.97 Å². The van der Waals surface area contributed by atoms with Crippen molar-refractivity contribution < 1.29 is 19.7 Å². The Morgan fingerprint density at radius 3 is 2.60 bits per heavy atom. The van der Waals surface area contributed by atoms with E-state index < -0.39 is 5.97 Å². The molecule has 0 aliphatic rings. The van der Waals surface area contributed by atoms with Gasteiger partial charge < -0.3 is 14.9 Å². The molecule has 1 aromatic heterocycles. The number of aliphatic hydroxyl groups excluding tert-OH is 1. The van der Waals surface area contributed by atoms with Crippen molar-refractivity contribution in [3.63, 3.8) is 0 Å². The fraction of sp³-hybridized carbons (Fsp3) is 0.286. The molecular formula is C14H16N2O4. The number of methoxy groups -OCH3 is 1. The maximum absolute atomic E-state index is 10.6.